The molecule has 0 unspecified atom stereocenters. The Morgan fingerprint density at radius 1 is 1.24 bits per heavy atom. The fraction of sp³-hybridized carbons (Fsp3) is 0.500. The maximum Gasteiger partial charge on any atom is 0.161 e. The van der Waals surface area contributed by atoms with Gasteiger partial charge >= 0.3 is 0 Å². The molecule has 3 nitrogen and oxygen atoms in total. The Morgan fingerprint density at radius 2 is 1.82 bits per heavy atom. The van der Waals surface area contributed by atoms with Crippen LogP contribution in [0.15, 0.2) is 12.1 Å². The largest absolute Gasteiger partial charge is 0.493 e. The number of rotatable bonds is 4. The zero-order chi connectivity index (χ0) is 12.5. The Bertz CT molecular complexity index is 470. The lowest BCUT2D eigenvalue weighted by molar-refractivity contribution is 0.354. The number of benzene rings is 1. The van der Waals surface area contributed by atoms with E-state index in [0.717, 1.165) is 36.3 Å². The predicted molar refractivity (Wildman–Crippen MR) is 65.3 cm³/mol. The molecule has 2 rings (SSSR count). The summed E-state index contributed by atoms with van der Waals surface area (Å²) in [5.74, 6) is 1.48. The van der Waals surface area contributed by atoms with E-state index in [1.807, 2.05) is 19.1 Å². The topological polar surface area (TPSA) is 42.2 Å². The summed E-state index contributed by atoms with van der Waals surface area (Å²) in [6, 6.07) is 6.39. The van der Waals surface area contributed by atoms with Crippen molar-refractivity contribution in [1.29, 1.82) is 5.26 Å². The quantitative estimate of drug-likeness (QED) is 0.800. The monoisotopic (exact) mass is 231 g/mol. The first-order valence-electron chi connectivity index (χ1n) is 5.77. The van der Waals surface area contributed by atoms with Crippen molar-refractivity contribution in [2.24, 2.45) is 5.41 Å². The first kappa shape index (κ1) is 11.8. The van der Waals surface area contributed by atoms with Gasteiger partial charge in [-0.1, -0.05) is 0 Å². The second kappa shape index (κ2) is 4.29. The van der Waals surface area contributed by atoms with Crippen molar-refractivity contribution >= 4 is 0 Å². The normalized spacial score (nSPS) is 16.1. The summed E-state index contributed by atoms with van der Waals surface area (Å²) in [6.07, 6.45) is 2.84. The van der Waals surface area contributed by atoms with E-state index in [-0.39, 0.29) is 5.41 Å². The Kier molecular flexibility index (Phi) is 2.97. The van der Waals surface area contributed by atoms with Crippen LogP contribution < -0.4 is 9.47 Å². The van der Waals surface area contributed by atoms with Gasteiger partial charge in [0.15, 0.2) is 11.5 Å². The first-order valence-corrected chi connectivity index (χ1v) is 5.77. The standard InChI is InChI=1S/C14H17NO2/c1-10-6-12(16-2)13(17-3)7-11(10)8-14(9-15)4-5-14/h6-7H,4-5,8H2,1-3H3. The lowest BCUT2D eigenvalue weighted by Crippen LogP contribution is -2.04. The molecule has 0 spiro atoms. The summed E-state index contributed by atoms with van der Waals surface area (Å²) in [7, 11) is 3.27. The van der Waals surface area contributed by atoms with Gasteiger partial charge < -0.3 is 9.47 Å². The molecule has 1 aliphatic carbocycles. The molecule has 0 bridgehead atoms. The SMILES string of the molecule is COc1cc(C)c(CC2(C#N)CC2)cc1OC. The molecule has 0 N–H and O–H groups in total. The van der Waals surface area contributed by atoms with Gasteiger partial charge in [0, 0.05) is 0 Å². The van der Waals surface area contributed by atoms with Gasteiger partial charge in [-0.3, -0.25) is 0 Å². The van der Waals surface area contributed by atoms with Gasteiger partial charge in [0.05, 0.1) is 25.7 Å². The second-order valence-electron chi connectivity index (χ2n) is 4.70. The third kappa shape index (κ3) is 2.21. The van der Waals surface area contributed by atoms with Gasteiger partial charge in [0.1, 0.15) is 0 Å². The Balaban J connectivity index is 2.32. The molecule has 0 saturated heterocycles. The lowest BCUT2D eigenvalue weighted by Gasteiger charge is -2.14. The molecule has 1 aliphatic rings. The van der Waals surface area contributed by atoms with Crippen LogP contribution >= 0.6 is 0 Å². The van der Waals surface area contributed by atoms with Crippen molar-refractivity contribution in [3.8, 4) is 17.6 Å². The summed E-state index contributed by atoms with van der Waals surface area (Å²) in [4.78, 5) is 0. The third-order valence-corrected chi connectivity index (χ3v) is 3.46. The number of methoxy groups -OCH3 is 2. The average molecular weight is 231 g/mol. The Labute approximate surface area is 102 Å². The first-order chi connectivity index (χ1) is 8.14. The zero-order valence-electron chi connectivity index (χ0n) is 10.5. The molecule has 0 atom stereocenters. The summed E-state index contributed by atoms with van der Waals surface area (Å²) in [5, 5.41) is 9.13. The van der Waals surface area contributed by atoms with E-state index in [9.17, 15) is 0 Å². The van der Waals surface area contributed by atoms with Crippen LogP contribution in [0.25, 0.3) is 0 Å². The van der Waals surface area contributed by atoms with Crippen molar-refractivity contribution in [3.05, 3.63) is 23.3 Å². The number of hydrogen-bond acceptors (Lipinski definition) is 3. The summed E-state index contributed by atoms with van der Waals surface area (Å²) < 4.78 is 10.5. The summed E-state index contributed by atoms with van der Waals surface area (Å²) in [5.41, 5.74) is 2.22. The maximum atomic E-state index is 9.13. The van der Waals surface area contributed by atoms with Gasteiger partial charge in [-0.15, -0.1) is 0 Å². The Hall–Kier alpha value is -1.69. The van der Waals surface area contributed by atoms with Crippen LogP contribution in [0.4, 0.5) is 0 Å². The van der Waals surface area contributed by atoms with Crippen molar-refractivity contribution in [2.75, 3.05) is 14.2 Å². The van der Waals surface area contributed by atoms with E-state index in [1.165, 1.54) is 5.56 Å². The van der Waals surface area contributed by atoms with Crippen LogP contribution in [0.1, 0.15) is 24.0 Å². The number of hydrogen-bond donors (Lipinski definition) is 0. The van der Waals surface area contributed by atoms with Crippen molar-refractivity contribution in [3.63, 3.8) is 0 Å². The summed E-state index contributed by atoms with van der Waals surface area (Å²) in [6.45, 7) is 2.05. The molecule has 0 aromatic heterocycles. The Morgan fingerprint density at radius 3 is 2.29 bits per heavy atom. The van der Waals surface area contributed by atoms with Crippen molar-refractivity contribution in [2.45, 2.75) is 26.2 Å². The van der Waals surface area contributed by atoms with Gasteiger partial charge in [0.2, 0.25) is 0 Å². The van der Waals surface area contributed by atoms with Gasteiger partial charge in [-0.25, -0.2) is 0 Å². The molecule has 0 aliphatic heterocycles. The molecule has 0 radical (unpaired) electrons. The number of nitrogens with zero attached hydrogens (tertiary/aromatic N) is 1. The minimum atomic E-state index is -0.121. The number of nitriles is 1. The minimum absolute atomic E-state index is 0.121. The summed E-state index contributed by atoms with van der Waals surface area (Å²) >= 11 is 0. The molecule has 1 fully saturated rings. The molecular formula is C14H17NO2. The minimum Gasteiger partial charge on any atom is -0.493 e. The van der Waals surface area contributed by atoms with Gasteiger partial charge in [0.25, 0.3) is 0 Å². The molecular weight excluding hydrogens is 214 g/mol. The van der Waals surface area contributed by atoms with Crippen molar-refractivity contribution in [1.82, 2.24) is 0 Å². The van der Waals surface area contributed by atoms with Crippen LogP contribution in [0.3, 0.4) is 0 Å². The highest BCUT2D eigenvalue weighted by molar-refractivity contribution is 5.47. The van der Waals surface area contributed by atoms with E-state index >= 15 is 0 Å². The van der Waals surface area contributed by atoms with Gasteiger partial charge in [-0.05, 0) is 49.4 Å². The molecule has 0 heterocycles. The van der Waals surface area contributed by atoms with E-state index in [4.69, 9.17) is 14.7 Å². The highest BCUT2D eigenvalue weighted by atomic mass is 16.5. The van der Waals surface area contributed by atoms with Gasteiger partial charge in [-0.2, -0.15) is 5.26 Å². The number of aryl methyl sites for hydroxylation is 1. The van der Waals surface area contributed by atoms with E-state index in [1.54, 1.807) is 14.2 Å². The van der Waals surface area contributed by atoms with Crippen LogP contribution in [-0.2, 0) is 6.42 Å². The fourth-order valence-corrected chi connectivity index (χ4v) is 2.06. The van der Waals surface area contributed by atoms with Crippen molar-refractivity contribution < 1.29 is 9.47 Å². The predicted octanol–water partition coefficient (Wildman–Crippen LogP) is 2.86. The number of ether oxygens (including phenoxy) is 2. The molecule has 90 valence electrons. The molecule has 1 aromatic carbocycles. The van der Waals surface area contributed by atoms with Crippen LogP contribution in [0.5, 0.6) is 11.5 Å². The average Bonchev–Trinajstić information content (AvgIpc) is 3.11. The highest BCUT2D eigenvalue weighted by Gasteiger charge is 2.43. The van der Waals surface area contributed by atoms with E-state index in [2.05, 4.69) is 6.07 Å². The van der Waals surface area contributed by atoms with Crippen LogP contribution in [-0.4, -0.2) is 14.2 Å². The zero-order valence-corrected chi connectivity index (χ0v) is 10.5. The van der Waals surface area contributed by atoms with E-state index in [0.29, 0.717) is 0 Å². The smallest absolute Gasteiger partial charge is 0.161 e. The second-order valence-corrected chi connectivity index (χ2v) is 4.70. The molecule has 17 heavy (non-hydrogen) atoms. The molecule has 1 aromatic rings. The van der Waals surface area contributed by atoms with Crippen LogP contribution in [0, 0.1) is 23.7 Å². The lowest BCUT2D eigenvalue weighted by atomic mass is 9.94. The molecule has 0 amide bonds. The highest BCUT2D eigenvalue weighted by Crippen LogP contribution is 2.48. The molecule has 3 heteroatoms. The fourth-order valence-electron chi connectivity index (χ4n) is 2.06. The maximum absolute atomic E-state index is 9.13. The molecule has 1 saturated carbocycles. The third-order valence-electron chi connectivity index (χ3n) is 3.46. The van der Waals surface area contributed by atoms with E-state index < -0.39 is 0 Å². The van der Waals surface area contributed by atoms with Crippen LogP contribution in [0.2, 0.25) is 0 Å².